The van der Waals surface area contributed by atoms with Gasteiger partial charge in [-0.1, -0.05) is 24.4 Å². The van der Waals surface area contributed by atoms with Crippen molar-refractivity contribution in [3.05, 3.63) is 78.1 Å². The molecule has 3 aromatic carbocycles. The van der Waals surface area contributed by atoms with Gasteiger partial charge in [-0.15, -0.1) is 0 Å². The lowest BCUT2D eigenvalue weighted by Gasteiger charge is -2.37. The number of ether oxygens (including phenoxy) is 3. The molecular weight excluding hydrogens is 493 g/mol. The summed E-state index contributed by atoms with van der Waals surface area (Å²) in [5.41, 5.74) is 2.09. The first-order valence-corrected chi connectivity index (χ1v) is 12.5. The average molecular weight is 524 g/mol. The zero-order chi connectivity index (χ0) is 26.2. The molecule has 1 aliphatic rings. The number of benzene rings is 3. The number of hydrogen-bond donors (Lipinski definition) is 1. The molecule has 1 N–H and O–H groups in total. The van der Waals surface area contributed by atoms with Gasteiger partial charge in [0.05, 0.1) is 19.4 Å². The van der Waals surface area contributed by atoms with Gasteiger partial charge in [0.25, 0.3) is 5.91 Å². The van der Waals surface area contributed by atoms with E-state index in [1.54, 1.807) is 49.6 Å². The second-order valence-electron chi connectivity index (χ2n) is 8.39. The first-order chi connectivity index (χ1) is 18.0. The average Bonchev–Trinajstić information content (AvgIpc) is 2.93. The van der Waals surface area contributed by atoms with Crippen LogP contribution in [0.1, 0.15) is 12.5 Å². The summed E-state index contributed by atoms with van der Waals surface area (Å²) in [6.07, 6.45) is 0. The summed E-state index contributed by atoms with van der Waals surface area (Å²) in [7, 11) is 1.59. The minimum Gasteiger partial charge on any atom is -0.497 e. The quantitative estimate of drug-likeness (QED) is 0.406. The molecule has 7 nitrogen and oxygen atoms in total. The Morgan fingerprint density at radius 3 is 2.38 bits per heavy atom. The summed E-state index contributed by atoms with van der Waals surface area (Å²) in [5.74, 6) is 1.18. The molecule has 0 unspecified atom stereocenters. The van der Waals surface area contributed by atoms with E-state index in [1.165, 1.54) is 6.07 Å². The lowest BCUT2D eigenvalue weighted by molar-refractivity contribution is -0.118. The van der Waals surface area contributed by atoms with Crippen LogP contribution in [0.5, 0.6) is 17.2 Å². The molecule has 1 aliphatic heterocycles. The second kappa shape index (κ2) is 12.4. The molecule has 0 aromatic heterocycles. The summed E-state index contributed by atoms with van der Waals surface area (Å²) in [6, 6.07) is 19.3. The number of nitrogens with one attached hydrogen (secondary N) is 1. The Balaban J connectivity index is 1.36. The number of carbonyl (C=O) groups is 1. The highest BCUT2D eigenvalue weighted by Crippen LogP contribution is 2.30. The number of thiocarbonyl (C=S) groups is 1. The maximum Gasteiger partial charge on any atom is 0.262 e. The van der Waals surface area contributed by atoms with E-state index >= 15 is 0 Å². The lowest BCUT2D eigenvalue weighted by Crippen LogP contribution is -2.48. The zero-order valence-electron chi connectivity index (χ0n) is 20.9. The third kappa shape index (κ3) is 6.68. The Kier molecular flexibility index (Phi) is 8.79. The van der Waals surface area contributed by atoms with Crippen LogP contribution in [0.3, 0.4) is 0 Å². The number of piperazine rings is 1. The first kappa shape index (κ1) is 26.2. The maximum atomic E-state index is 14.2. The zero-order valence-corrected chi connectivity index (χ0v) is 21.7. The van der Waals surface area contributed by atoms with Gasteiger partial charge in [0, 0.05) is 37.4 Å². The van der Waals surface area contributed by atoms with Crippen LogP contribution in [-0.2, 0) is 4.79 Å². The lowest BCUT2D eigenvalue weighted by atomic mass is 10.1. The largest absolute Gasteiger partial charge is 0.497 e. The monoisotopic (exact) mass is 523 g/mol. The molecule has 37 heavy (non-hydrogen) atoms. The van der Waals surface area contributed by atoms with Crippen molar-refractivity contribution in [3.8, 4) is 17.2 Å². The number of anilines is 2. The standard InChI is InChI=1S/C28H30FN3O4S/c1-3-35-26-18-20(28(37)32-16-14-31(15-17-32)24-7-5-4-6-23(24)29)8-13-25(26)36-19-27(33)30-21-9-11-22(34-2)12-10-21/h4-13,18H,3,14-17,19H2,1-2H3,(H,30,33). The van der Waals surface area contributed by atoms with E-state index in [4.69, 9.17) is 26.4 Å². The van der Waals surface area contributed by atoms with Crippen LogP contribution in [0.2, 0.25) is 0 Å². The molecule has 4 rings (SSSR count). The highest BCUT2D eigenvalue weighted by molar-refractivity contribution is 7.80. The Labute approximate surface area is 221 Å². The van der Waals surface area contributed by atoms with E-state index in [-0.39, 0.29) is 18.3 Å². The van der Waals surface area contributed by atoms with Crippen molar-refractivity contribution >= 4 is 34.5 Å². The van der Waals surface area contributed by atoms with E-state index in [1.807, 2.05) is 30.0 Å². The number of rotatable bonds is 9. The van der Waals surface area contributed by atoms with Gasteiger partial charge in [0.15, 0.2) is 18.1 Å². The van der Waals surface area contributed by atoms with Gasteiger partial charge >= 0.3 is 0 Å². The molecule has 0 atom stereocenters. The van der Waals surface area contributed by atoms with Crippen molar-refractivity contribution in [1.82, 2.24) is 4.90 Å². The van der Waals surface area contributed by atoms with Crippen LogP contribution in [0.4, 0.5) is 15.8 Å². The van der Waals surface area contributed by atoms with Gasteiger partial charge in [0.1, 0.15) is 16.6 Å². The molecule has 1 fully saturated rings. The van der Waals surface area contributed by atoms with Crippen molar-refractivity contribution in [3.63, 3.8) is 0 Å². The number of carbonyl (C=O) groups excluding carboxylic acids is 1. The Hall–Kier alpha value is -3.85. The molecule has 0 spiro atoms. The van der Waals surface area contributed by atoms with Crippen LogP contribution in [0.25, 0.3) is 0 Å². The molecular formula is C28H30FN3O4S. The Morgan fingerprint density at radius 1 is 0.973 bits per heavy atom. The number of para-hydroxylation sites is 1. The topological polar surface area (TPSA) is 63.3 Å². The van der Waals surface area contributed by atoms with Gasteiger partial charge in [0.2, 0.25) is 0 Å². The highest BCUT2D eigenvalue weighted by Gasteiger charge is 2.22. The van der Waals surface area contributed by atoms with Crippen LogP contribution in [-0.4, -0.2) is 62.3 Å². The number of nitrogens with zero attached hydrogens (tertiary/aromatic N) is 2. The number of hydrogen-bond acceptors (Lipinski definition) is 6. The van der Waals surface area contributed by atoms with Gasteiger partial charge < -0.3 is 29.3 Å². The normalized spacial score (nSPS) is 13.2. The van der Waals surface area contributed by atoms with Crippen molar-refractivity contribution in [2.45, 2.75) is 6.92 Å². The molecule has 1 saturated heterocycles. The maximum absolute atomic E-state index is 14.2. The first-order valence-electron chi connectivity index (χ1n) is 12.1. The summed E-state index contributed by atoms with van der Waals surface area (Å²) in [6.45, 7) is 4.85. The smallest absolute Gasteiger partial charge is 0.262 e. The number of halogens is 1. The van der Waals surface area contributed by atoms with Crippen molar-refractivity contribution < 1.29 is 23.4 Å². The predicted molar refractivity (Wildman–Crippen MR) is 147 cm³/mol. The third-order valence-corrected chi connectivity index (χ3v) is 6.48. The SMILES string of the molecule is CCOc1cc(C(=S)N2CCN(c3ccccc3F)CC2)ccc1OCC(=O)Nc1ccc(OC)cc1. The van der Waals surface area contributed by atoms with Gasteiger partial charge in [-0.05, 0) is 61.5 Å². The van der Waals surface area contributed by atoms with Crippen LogP contribution >= 0.6 is 12.2 Å². The van der Waals surface area contributed by atoms with Gasteiger partial charge in [-0.25, -0.2) is 4.39 Å². The van der Waals surface area contributed by atoms with Gasteiger partial charge in [-0.2, -0.15) is 0 Å². The van der Waals surface area contributed by atoms with Gasteiger partial charge in [-0.3, -0.25) is 4.79 Å². The Morgan fingerprint density at radius 2 is 1.70 bits per heavy atom. The van der Waals surface area contributed by atoms with Crippen LogP contribution < -0.4 is 24.4 Å². The molecule has 0 radical (unpaired) electrons. The molecule has 1 heterocycles. The van der Waals surface area contributed by atoms with E-state index < -0.39 is 0 Å². The van der Waals surface area contributed by atoms with Crippen molar-refractivity contribution in [1.29, 1.82) is 0 Å². The Bertz CT molecular complexity index is 1230. The number of amides is 1. The van der Waals surface area contributed by atoms with Crippen LogP contribution in [0, 0.1) is 5.82 Å². The summed E-state index contributed by atoms with van der Waals surface area (Å²) >= 11 is 5.77. The fraction of sp³-hybridized carbons (Fsp3) is 0.286. The van der Waals surface area contributed by atoms with Crippen molar-refractivity contribution in [2.24, 2.45) is 0 Å². The highest BCUT2D eigenvalue weighted by atomic mass is 32.1. The second-order valence-corrected chi connectivity index (χ2v) is 8.78. The summed E-state index contributed by atoms with van der Waals surface area (Å²) < 4.78 is 30.8. The summed E-state index contributed by atoms with van der Waals surface area (Å²) in [4.78, 5) is 17.2. The fourth-order valence-corrected chi connectivity index (χ4v) is 4.39. The van der Waals surface area contributed by atoms with Crippen LogP contribution in [0.15, 0.2) is 66.7 Å². The molecule has 1 amide bonds. The minimum atomic E-state index is -0.292. The molecule has 194 valence electrons. The predicted octanol–water partition coefficient (Wildman–Crippen LogP) is 4.75. The molecule has 3 aromatic rings. The van der Waals surface area contributed by atoms with E-state index in [2.05, 4.69) is 10.2 Å². The number of methoxy groups -OCH3 is 1. The molecule has 0 aliphatic carbocycles. The van der Waals surface area contributed by atoms with E-state index in [0.29, 0.717) is 66.4 Å². The van der Waals surface area contributed by atoms with E-state index in [9.17, 15) is 9.18 Å². The fourth-order valence-electron chi connectivity index (χ4n) is 4.08. The van der Waals surface area contributed by atoms with E-state index in [0.717, 1.165) is 5.56 Å². The molecule has 9 heteroatoms. The summed E-state index contributed by atoms with van der Waals surface area (Å²) in [5, 5.41) is 2.79. The minimum absolute atomic E-state index is 0.173. The van der Waals surface area contributed by atoms with Crippen molar-refractivity contribution in [2.75, 3.05) is 56.7 Å². The molecule has 0 bridgehead atoms. The third-order valence-electron chi connectivity index (χ3n) is 5.98. The molecule has 0 saturated carbocycles.